The van der Waals surface area contributed by atoms with Gasteiger partial charge in [0.15, 0.2) is 33.2 Å². The van der Waals surface area contributed by atoms with Crippen molar-refractivity contribution in [1.29, 1.82) is 0 Å². The fraction of sp³-hybridized carbons (Fsp3) is 1.00. The van der Waals surface area contributed by atoms with Gasteiger partial charge >= 0.3 is 88.7 Å². The van der Waals surface area contributed by atoms with Gasteiger partial charge in [-0.15, -0.1) is 0 Å². The molecular formula is C3H12NNa3O6S3. The van der Waals surface area contributed by atoms with Crippen LogP contribution in [-0.4, -0.2) is 48.8 Å². The van der Waals surface area contributed by atoms with Crippen LogP contribution in [0.3, 0.4) is 0 Å². The van der Waals surface area contributed by atoms with Crippen LogP contribution in [0.2, 0.25) is 0 Å². The van der Waals surface area contributed by atoms with E-state index in [2.05, 4.69) is 0 Å². The Labute approximate surface area is 172 Å². The minimum absolute atomic E-state index is 0. The molecule has 16 heavy (non-hydrogen) atoms. The third-order valence-corrected chi connectivity index (χ3v) is 2.64. The predicted octanol–water partition coefficient (Wildman–Crippen LogP) is -9.82. The van der Waals surface area contributed by atoms with Crippen molar-refractivity contribution in [3.8, 4) is 0 Å². The standard InChI is InChI=1S/C3H9NO6S3.3Na.3H/c5-11(6)1-4(2-12(7)8)3-13(9)10;;;;;;/h1-3H2,(H,5,6)(H,7,8)(H,9,10);;;;;;/q;3*+1;3*-1. The summed E-state index contributed by atoms with van der Waals surface area (Å²) in [5, 5.41) is 0. The minimum atomic E-state index is -2.19. The Morgan fingerprint density at radius 2 is 0.938 bits per heavy atom. The Morgan fingerprint density at radius 3 is 1.06 bits per heavy atom. The number of nitrogens with zero attached hydrogens (tertiary/aromatic N) is 1. The molecule has 0 aromatic rings. The van der Waals surface area contributed by atoms with Gasteiger partial charge in [-0.1, -0.05) is 0 Å². The van der Waals surface area contributed by atoms with E-state index < -0.39 is 50.9 Å². The van der Waals surface area contributed by atoms with Gasteiger partial charge in [0.25, 0.3) is 0 Å². The van der Waals surface area contributed by atoms with Crippen molar-refractivity contribution in [1.82, 2.24) is 4.90 Å². The molecule has 0 spiro atoms. The zero-order chi connectivity index (χ0) is 10.4. The molecule has 0 saturated carbocycles. The quantitative estimate of drug-likeness (QED) is 0.328. The van der Waals surface area contributed by atoms with Crippen molar-refractivity contribution in [2.45, 2.75) is 0 Å². The van der Waals surface area contributed by atoms with Crippen molar-refractivity contribution in [3.05, 3.63) is 0 Å². The van der Waals surface area contributed by atoms with Crippen LogP contribution >= 0.6 is 0 Å². The van der Waals surface area contributed by atoms with Crippen LogP contribution in [-0.2, 0) is 33.2 Å². The summed E-state index contributed by atoms with van der Waals surface area (Å²) >= 11 is -6.58. The number of rotatable bonds is 6. The van der Waals surface area contributed by atoms with Crippen molar-refractivity contribution in [3.63, 3.8) is 0 Å². The molecule has 0 aliphatic carbocycles. The van der Waals surface area contributed by atoms with Gasteiger partial charge in [0.1, 0.15) is 17.6 Å². The first-order valence-electron chi connectivity index (χ1n) is 2.86. The maximum atomic E-state index is 10.3. The smallest absolute Gasteiger partial charge is 1.00 e. The molecule has 0 aromatic heterocycles. The Balaban J connectivity index is -0.0000000480. The molecule has 3 N–H and O–H groups in total. The van der Waals surface area contributed by atoms with Crippen molar-refractivity contribution in [2.24, 2.45) is 0 Å². The molecule has 13 heteroatoms. The average Bonchev–Trinajstić information content (AvgIpc) is 1.80. The van der Waals surface area contributed by atoms with E-state index in [4.69, 9.17) is 13.7 Å². The summed E-state index contributed by atoms with van der Waals surface area (Å²) in [4.78, 5) is 0.947. The van der Waals surface area contributed by atoms with E-state index in [1.807, 2.05) is 0 Å². The molecule has 0 fully saturated rings. The van der Waals surface area contributed by atoms with Gasteiger partial charge in [0.2, 0.25) is 0 Å². The molecular weight excluding hydrogens is 311 g/mol. The van der Waals surface area contributed by atoms with Gasteiger partial charge in [0.05, 0.1) is 0 Å². The third-order valence-electron chi connectivity index (χ3n) is 0.879. The molecule has 0 radical (unpaired) electrons. The predicted molar refractivity (Wildman–Crippen MR) is 52.1 cm³/mol. The Morgan fingerprint density at radius 1 is 0.750 bits per heavy atom. The van der Waals surface area contributed by atoms with Gasteiger partial charge in [-0.3, -0.25) is 4.90 Å². The van der Waals surface area contributed by atoms with Crippen LogP contribution < -0.4 is 88.7 Å². The number of hydrogen-bond acceptors (Lipinski definition) is 4. The summed E-state index contributed by atoms with van der Waals surface area (Å²) in [5.74, 6) is -1.30. The Hall–Kier alpha value is 3.29. The maximum absolute atomic E-state index is 10.3. The summed E-state index contributed by atoms with van der Waals surface area (Å²) in [7, 11) is 0. The fourth-order valence-electron chi connectivity index (χ4n) is 0.580. The molecule has 0 heterocycles. The molecule has 0 aliphatic heterocycles. The average molecular weight is 323 g/mol. The zero-order valence-corrected chi connectivity index (χ0v) is 17.8. The third kappa shape index (κ3) is 19.6. The van der Waals surface area contributed by atoms with E-state index in [1.165, 1.54) is 0 Å². The molecule has 7 nitrogen and oxygen atoms in total. The summed E-state index contributed by atoms with van der Waals surface area (Å²) in [6, 6.07) is 0. The first-order chi connectivity index (χ1) is 5.91. The van der Waals surface area contributed by atoms with Gasteiger partial charge in [0, 0.05) is 0 Å². The monoisotopic (exact) mass is 323 g/mol. The Bertz CT molecular complexity index is 216. The molecule has 0 amide bonds. The van der Waals surface area contributed by atoms with Crippen molar-refractivity contribution < 1.29 is 119 Å². The van der Waals surface area contributed by atoms with Gasteiger partial charge in [-0.25, -0.2) is 12.6 Å². The van der Waals surface area contributed by atoms with Crippen molar-refractivity contribution >= 4 is 33.2 Å². The van der Waals surface area contributed by atoms with E-state index in [0.717, 1.165) is 4.90 Å². The van der Waals surface area contributed by atoms with E-state index >= 15 is 0 Å². The zero-order valence-electron chi connectivity index (χ0n) is 12.4. The molecule has 3 unspecified atom stereocenters. The van der Waals surface area contributed by atoms with Crippen LogP contribution in [0, 0.1) is 0 Å². The van der Waals surface area contributed by atoms with Gasteiger partial charge in [-0.2, -0.15) is 0 Å². The maximum Gasteiger partial charge on any atom is 1.00 e. The van der Waals surface area contributed by atoms with Crippen LogP contribution in [0.4, 0.5) is 0 Å². The van der Waals surface area contributed by atoms with Gasteiger partial charge < -0.3 is 17.9 Å². The van der Waals surface area contributed by atoms with E-state index in [-0.39, 0.29) is 93.0 Å². The molecule has 0 aliphatic rings. The second kappa shape index (κ2) is 16.3. The molecule has 0 aromatic carbocycles. The SMILES string of the molecule is O=S(O)CN(CS(=O)O)CS(=O)O.[H-].[H-].[H-].[Na+].[Na+].[Na+]. The fourth-order valence-corrected chi connectivity index (χ4v) is 2.41. The summed E-state index contributed by atoms with van der Waals surface area (Å²) in [5.41, 5.74) is 0. The summed E-state index contributed by atoms with van der Waals surface area (Å²) in [6.07, 6.45) is 0. The first kappa shape index (κ1) is 27.6. The summed E-state index contributed by atoms with van der Waals surface area (Å²) in [6.45, 7) is 0. The first-order valence-corrected chi connectivity index (χ1v) is 6.69. The second-order valence-electron chi connectivity index (χ2n) is 2.02. The largest absolute Gasteiger partial charge is 1.00 e. The van der Waals surface area contributed by atoms with Crippen LogP contribution in [0.15, 0.2) is 0 Å². The normalized spacial score (nSPS) is 15.0. The van der Waals surface area contributed by atoms with E-state index in [1.54, 1.807) is 0 Å². The number of hydrogen-bond donors (Lipinski definition) is 3. The minimum Gasteiger partial charge on any atom is -1.00 e. The molecule has 0 saturated heterocycles. The van der Waals surface area contributed by atoms with E-state index in [0.29, 0.717) is 0 Å². The van der Waals surface area contributed by atoms with Crippen LogP contribution in [0.5, 0.6) is 0 Å². The van der Waals surface area contributed by atoms with Gasteiger partial charge in [-0.05, 0) is 0 Å². The Kier molecular flexibility index (Phi) is 28.2. The van der Waals surface area contributed by atoms with E-state index in [9.17, 15) is 12.6 Å². The molecule has 3 atom stereocenters. The topological polar surface area (TPSA) is 115 Å². The van der Waals surface area contributed by atoms with Crippen molar-refractivity contribution in [2.75, 3.05) is 17.6 Å². The second-order valence-corrected chi connectivity index (χ2v) is 4.73. The molecule has 0 rings (SSSR count). The molecule has 86 valence electrons. The molecule has 0 bridgehead atoms. The van der Waals surface area contributed by atoms with Crippen LogP contribution in [0.1, 0.15) is 4.28 Å². The van der Waals surface area contributed by atoms with Crippen LogP contribution in [0.25, 0.3) is 0 Å². The summed E-state index contributed by atoms with van der Waals surface area (Å²) < 4.78 is 56.1.